The van der Waals surface area contributed by atoms with Gasteiger partial charge in [0, 0.05) is 31.4 Å². The number of halogens is 6. The number of hydrogen-bond donors (Lipinski definition) is 0. The van der Waals surface area contributed by atoms with Crippen molar-refractivity contribution in [2.45, 2.75) is 67.9 Å². The van der Waals surface area contributed by atoms with E-state index in [2.05, 4.69) is 14.7 Å². The molecule has 1 aromatic heterocycles. The van der Waals surface area contributed by atoms with Gasteiger partial charge in [-0.15, -0.1) is 0 Å². The minimum Gasteiger partial charge on any atom is -0.467 e. The van der Waals surface area contributed by atoms with E-state index in [0.29, 0.717) is 37.9 Å². The summed E-state index contributed by atoms with van der Waals surface area (Å²) < 4.78 is 85.4. The van der Waals surface area contributed by atoms with Crippen molar-refractivity contribution in [3.05, 3.63) is 18.0 Å². The first-order valence-corrected chi connectivity index (χ1v) is 11.1. The Morgan fingerprint density at radius 1 is 1.00 bits per heavy atom. The first-order chi connectivity index (χ1) is 16.3. The third-order valence-electron chi connectivity index (χ3n) is 7.07. The SMILES string of the molecule is COc1nccc(C2(C(=O)N3CCCC34CCN(C(=O)OC(C(F)(F)F)C(F)(F)F)CC4)CC2)n1. The van der Waals surface area contributed by atoms with Crippen LogP contribution in [0, 0.1) is 0 Å². The number of aromatic nitrogens is 2. The Hall–Kier alpha value is -2.80. The van der Waals surface area contributed by atoms with E-state index >= 15 is 0 Å². The normalized spacial score (nSPS) is 21.4. The van der Waals surface area contributed by atoms with Crippen LogP contribution in [0.5, 0.6) is 6.01 Å². The molecule has 0 aromatic carbocycles. The molecule has 4 rings (SSSR count). The van der Waals surface area contributed by atoms with Crippen molar-refractivity contribution in [3.8, 4) is 6.01 Å². The molecule has 3 aliphatic rings. The summed E-state index contributed by atoms with van der Waals surface area (Å²) in [6, 6.07) is 1.80. The molecular formula is C21H24F6N4O4. The zero-order valence-electron chi connectivity index (χ0n) is 18.8. The quantitative estimate of drug-likeness (QED) is 0.576. The summed E-state index contributed by atoms with van der Waals surface area (Å²) in [7, 11) is 1.42. The summed E-state index contributed by atoms with van der Waals surface area (Å²) in [5, 5.41) is 0. The zero-order chi connectivity index (χ0) is 25.6. The number of carbonyl (C=O) groups excluding carboxylic acids is 2. The number of rotatable bonds is 4. The predicted molar refractivity (Wildman–Crippen MR) is 106 cm³/mol. The van der Waals surface area contributed by atoms with Gasteiger partial charge in [0.25, 0.3) is 6.10 Å². The molecule has 8 nitrogen and oxygen atoms in total. The Bertz CT molecular complexity index is 959. The lowest BCUT2D eigenvalue weighted by Gasteiger charge is -2.45. The van der Waals surface area contributed by atoms with E-state index in [4.69, 9.17) is 4.74 Å². The Morgan fingerprint density at radius 2 is 1.63 bits per heavy atom. The van der Waals surface area contributed by atoms with E-state index in [0.717, 1.165) is 4.90 Å². The highest BCUT2D eigenvalue weighted by Crippen LogP contribution is 2.52. The molecule has 1 aromatic rings. The van der Waals surface area contributed by atoms with E-state index in [1.807, 2.05) is 0 Å². The fraction of sp³-hybridized carbons (Fsp3) is 0.714. The molecule has 2 saturated heterocycles. The molecule has 1 saturated carbocycles. The van der Waals surface area contributed by atoms with Gasteiger partial charge >= 0.3 is 24.5 Å². The molecule has 14 heteroatoms. The number of ether oxygens (including phenoxy) is 2. The fourth-order valence-corrected chi connectivity index (χ4v) is 5.04. The van der Waals surface area contributed by atoms with Crippen LogP contribution in [0.25, 0.3) is 0 Å². The van der Waals surface area contributed by atoms with Gasteiger partial charge in [0.15, 0.2) is 0 Å². The topological polar surface area (TPSA) is 84.9 Å². The van der Waals surface area contributed by atoms with Crippen molar-refractivity contribution in [2.24, 2.45) is 0 Å². The lowest BCUT2D eigenvalue weighted by atomic mass is 9.84. The minimum absolute atomic E-state index is 0.124. The monoisotopic (exact) mass is 510 g/mol. The minimum atomic E-state index is -5.78. The van der Waals surface area contributed by atoms with Crippen molar-refractivity contribution in [3.63, 3.8) is 0 Å². The van der Waals surface area contributed by atoms with Gasteiger partial charge in [-0.25, -0.2) is 9.78 Å². The van der Waals surface area contributed by atoms with Crippen LogP contribution in [0.3, 0.4) is 0 Å². The van der Waals surface area contributed by atoms with Crippen molar-refractivity contribution in [1.29, 1.82) is 0 Å². The maximum Gasteiger partial charge on any atom is 0.434 e. The molecule has 2 aliphatic heterocycles. The van der Waals surface area contributed by atoms with Crippen LogP contribution in [0.2, 0.25) is 0 Å². The lowest BCUT2D eigenvalue weighted by Crippen LogP contribution is -2.57. The number of amides is 2. The standard InChI is InChI=1S/C21H24F6N4O4/c1-34-16-28-9-3-13(29-16)19(5-6-19)15(32)31-10-2-4-18(31)7-11-30(12-8-18)17(33)35-14(20(22,23)24)21(25,26)27/h3,9,14H,2,4-8,10-12H2,1H3. The molecule has 0 bridgehead atoms. The Kier molecular flexibility index (Phi) is 6.29. The maximum atomic E-state index is 13.7. The molecule has 35 heavy (non-hydrogen) atoms. The van der Waals surface area contributed by atoms with E-state index in [1.165, 1.54) is 13.3 Å². The smallest absolute Gasteiger partial charge is 0.434 e. The van der Waals surface area contributed by atoms with Crippen LogP contribution in [-0.4, -0.2) is 82.5 Å². The molecule has 194 valence electrons. The van der Waals surface area contributed by atoms with Gasteiger partial charge in [-0.1, -0.05) is 0 Å². The Labute approximate surface area is 196 Å². The zero-order valence-corrected chi connectivity index (χ0v) is 18.8. The summed E-state index contributed by atoms with van der Waals surface area (Å²) >= 11 is 0. The first-order valence-electron chi connectivity index (χ1n) is 11.1. The Morgan fingerprint density at radius 3 is 2.17 bits per heavy atom. The van der Waals surface area contributed by atoms with Crippen LogP contribution in [-0.2, 0) is 14.9 Å². The summed E-state index contributed by atoms with van der Waals surface area (Å²) in [4.78, 5) is 36.7. The second kappa shape index (κ2) is 8.70. The van der Waals surface area contributed by atoms with E-state index in [1.54, 1.807) is 11.0 Å². The fourth-order valence-electron chi connectivity index (χ4n) is 5.04. The van der Waals surface area contributed by atoms with Crippen molar-refractivity contribution in [1.82, 2.24) is 19.8 Å². The van der Waals surface area contributed by atoms with Gasteiger partial charge in [-0.3, -0.25) is 4.79 Å². The largest absolute Gasteiger partial charge is 0.467 e. The van der Waals surface area contributed by atoms with Crippen LogP contribution < -0.4 is 4.74 Å². The number of carbonyl (C=O) groups is 2. The third-order valence-corrected chi connectivity index (χ3v) is 7.07. The van der Waals surface area contributed by atoms with E-state index < -0.39 is 35.5 Å². The molecule has 1 spiro atoms. The second-order valence-corrected chi connectivity index (χ2v) is 9.13. The van der Waals surface area contributed by atoms with Crippen molar-refractivity contribution < 1.29 is 45.4 Å². The highest BCUT2D eigenvalue weighted by atomic mass is 19.4. The molecule has 0 N–H and O–H groups in total. The van der Waals surface area contributed by atoms with Gasteiger partial charge in [-0.2, -0.15) is 31.3 Å². The summed E-state index contributed by atoms with van der Waals surface area (Å²) in [5.41, 5.74) is -0.896. The molecular weight excluding hydrogens is 486 g/mol. The lowest BCUT2D eigenvalue weighted by molar-refractivity contribution is -0.308. The maximum absolute atomic E-state index is 13.7. The second-order valence-electron chi connectivity index (χ2n) is 9.13. The average molecular weight is 510 g/mol. The molecule has 0 atom stereocenters. The van der Waals surface area contributed by atoms with Crippen LogP contribution in [0.1, 0.15) is 44.2 Å². The first kappa shape index (κ1) is 25.3. The van der Waals surface area contributed by atoms with Gasteiger partial charge in [0.05, 0.1) is 18.2 Å². The van der Waals surface area contributed by atoms with Crippen molar-refractivity contribution in [2.75, 3.05) is 26.7 Å². The predicted octanol–water partition coefficient (Wildman–Crippen LogP) is 3.60. The number of nitrogens with zero attached hydrogens (tertiary/aromatic N) is 4. The number of hydrogen-bond acceptors (Lipinski definition) is 6. The number of piperidine rings is 1. The van der Waals surface area contributed by atoms with Gasteiger partial charge < -0.3 is 19.3 Å². The number of likely N-dealkylation sites (tertiary alicyclic amines) is 2. The molecule has 3 heterocycles. The molecule has 0 unspecified atom stereocenters. The van der Waals surface area contributed by atoms with E-state index in [-0.39, 0.29) is 37.8 Å². The van der Waals surface area contributed by atoms with Crippen molar-refractivity contribution >= 4 is 12.0 Å². The van der Waals surface area contributed by atoms with Gasteiger partial charge in [0.2, 0.25) is 5.91 Å². The summed E-state index contributed by atoms with van der Waals surface area (Å²) in [5.74, 6) is -0.124. The molecule has 1 aliphatic carbocycles. The number of methoxy groups -OCH3 is 1. The summed E-state index contributed by atoms with van der Waals surface area (Å²) in [6.45, 7) is 0.218. The highest BCUT2D eigenvalue weighted by molar-refractivity contribution is 5.91. The van der Waals surface area contributed by atoms with Crippen LogP contribution in [0.4, 0.5) is 31.1 Å². The molecule has 3 fully saturated rings. The molecule has 0 radical (unpaired) electrons. The van der Waals surface area contributed by atoms with Crippen LogP contribution in [0.15, 0.2) is 12.3 Å². The average Bonchev–Trinajstić information content (AvgIpc) is 3.52. The van der Waals surface area contributed by atoms with Gasteiger partial charge in [0.1, 0.15) is 0 Å². The third kappa shape index (κ3) is 4.70. The number of alkyl halides is 6. The van der Waals surface area contributed by atoms with E-state index in [9.17, 15) is 35.9 Å². The Balaban J connectivity index is 1.44. The summed E-state index contributed by atoms with van der Waals surface area (Å²) in [6.07, 6.45) is -13.0. The van der Waals surface area contributed by atoms with Gasteiger partial charge in [-0.05, 0) is 44.6 Å². The van der Waals surface area contributed by atoms with Crippen LogP contribution >= 0.6 is 0 Å². The molecule has 2 amide bonds. The highest BCUT2D eigenvalue weighted by Gasteiger charge is 2.61.